The Morgan fingerprint density at radius 1 is 1.53 bits per heavy atom. The summed E-state index contributed by atoms with van der Waals surface area (Å²) in [6.07, 6.45) is 0.907. The van der Waals surface area contributed by atoms with E-state index in [1.165, 1.54) is 4.90 Å². The molecule has 0 aromatic carbocycles. The van der Waals surface area contributed by atoms with Gasteiger partial charge < -0.3 is 20.4 Å². The number of nitrogens with zero attached hydrogens (tertiary/aromatic N) is 1. The fraction of sp³-hybridized carbons (Fsp3) is 0.778. The van der Waals surface area contributed by atoms with Gasteiger partial charge in [0.15, 0.2) is 0 Å². The molecule has 1 fully saturated rings. The number of aliphatic hydroxyl groups is 1. The Labute approximate surface area is 87.9 Å². The summed E-state index contributed by atoms with van der Waals surface area (Å²) in [5, 5.41) is 20.2. The number of urea groups is 1. The van der Waals surface area contributed by atoms with E-state index < -0.39 is 24.6 Å². The summed E-state index contributed by atoms with van der Waals surface area (Å²) in [5.74, 6) is -1.08. The van der Waals surface area contributed by atoms with Crippen molar-refractivity contribution in [2.24, 2.45) is 0 Å². The quantitative estimate of drug-likeness (QED) is 0.587. The molecule has 86 valence electrons. The molecule has 2 amide bonds. The van der Waals surface area contributed by atoms with Gasteiger partial charge >= 0.3 is 12.0 Å². The highest BCUT2D eigenvalue weighted by molar-refractivity contribution is 5.80. The van der Waals surface area contributed by atoms with Gasteiger partial charge in [0.05, 0.1) is 12.1 Å². The standard InChI is InChI=1S/C9H16N2O4/c1-6-7(12)3-2-4-11(6)9(15)10-5-8(13)14/h6-7,12H,2-5H2,1H3,(H,10,15)(H,13,14). The average molecular weight is 216 g/mol. The van der Waals surface area contributed by atoms with Gasteiger partial charge in [-0.1, -0.05) is 0 Å². The van der Waals surface area contributed by atoms with Crippen molar-refractivity contribution in [2.75, 3.05) is 13.1 Å². The minimum atomic E-state index is -1.08. The number of carboxylic acids is 1. The Morgan fingerprint density at radius 3 is 2.80 bits per heavy atom. The number of carbonyl (C=O) groups is 2. The molecule has 1 aliphatic rings. The third-order valence-corrected chi connectivity index (χ3v) is 2.60. The van der Waals surface area contributed by atoms with Gasteiger partial charge in [-0.25, -0.2) is 4.79 Å². The van der Waals surface area contributed by atoms with E-state index in [4.69, 9.17) is 5.11 Å². The van der Waals surface area contributed by atoms with Crippen LogP contribution in [0.2, 0.25) is 0 Å². The predicted octanol–water partition coefficient (Wildman–Crippen LogP) is -0.374. The molecule has 15 heavy (non-hydrogen) atoms. The number of hydrogen-bond donors (Lipinski definition) is 3. The number of amides is 2. The molecule has 6 heteroatoms. The molecule has 0 aromatic rings. The molecular formula is C9H16N2O4. The number of carboxylic acid groups (broad SMARTS) is 1. The van der Waals surface area contributed by atoms with Crippen LogP contribution in [0.3, 0.4) is 0 Å². The minimum Gasteiger partial charge on any atom is -0.480 e. The predicted molar refractivity (Wildman–Crippen MR) is 52.4 cm³/mol. The second kappa shape index (κ2) is 4.97. The molecule has 1 rings (SSSR count). The molecule has 6 nitrogen and oxygen atoms in total. The number of likely N-dealkylation sites (tertiary alicyclic amines) is 1. The molecule has 0 aliphatic carbocycles. The van der Waals surface area contributed by atoms with Crippen molar-refractivity contribution in [3.05, 3.63) is 0 Å². The maximum absolute atomic E-state index is 11.5. The molecule has 1 heterocycles. The van der Waals surface area contributed by atoms with Crippen molar-refractivity contribution in [1.29, 1.82) is 0 Å². The molecular weight excluding hydrogens is 200 g/mol. The van der Waals surface area contributed by atoms with Crippen LogP contribution in [0.1, 0.15) is 19.8 Å². The Kier molecular flexibility index (Phi) is 3.90. The number of carbonyl (C=O) groups excluding carboxylic acids is 1. The third kappa shape index (κ3) is 3.09. The lowest BCUT2D eigenvalue weighted by Gasteiger charge is -2.36. The maximum atomic E-state index is 11.5. The second-order valence-corrected chi connectivity index (χ2v) is 3.70. The van der Waals surface area contributed by atoms with Crippen molar-refractivity contribution in [1.82, 2.24) is 10.2 Å². The van der Waals surface area contributed by atoms with E-state index in [9.17, 15) is 14.7 Å². The van der Waals surface area contributed by atoms with Crippen LogP contribution in [0.4, 0.5) is 4.79 Å². The molecule has 0 saturated carbocycles. The van der Waals surface area contributed by atoms with Crippen LogP contribution in [-0.2, 0) is 4.79 Å². The molecule has 3 N–H and O–H groups in total. The lowest BCUT2D eigenvalue weighted by Crippen LogP contribution is -2.53. The van der Waals surface area contributed by atoms with Crippen LogP contribution in [-0.4, -0.2) is 52.3 Å². The van der Waals surface area contributed by atoms with Crippen LogP contribution in [0.5, 0.6) is 0 Å². The summed E-state index contributed by atoms with van der Waals surface area (Å²) in [5.41, 5.74) is 0. The zero-order chi connectivity index (χ0) is 11.4. The van der Waals surface area contributed by atoms with E-state index >= 15 is 0 Å². The van der Waals surface area contributed by atoms with E-state index in [2.05, 4.69) is 5.32 Å². The molecule has 0 bridgehead atoms. The topological polar surface area (TPSA) is 89.9 Å². The van der Waals surface area contributed by atoms with Crippen molar-refractivity contribution in [3.63, 3.8) is 0 Å². The van der Waals surface area contributed by atoms with E-state index in [-0.39, 0.29) is 6.04 Å². The number of aliphatic carboxylic acids is 1. The van der Waals surface area contributed by atoms with E-state index in [0.717, 1.165) is 6.42 Å². The molecule has 2 unspecified atom stereocenters. The van der Waals surface area contributed by atoms with Gasteiger partial charge in [-0.05, 0) is 19.8 Å². The number of hydrogen-bond acceptors (Lipinski definition) is 3. The van der Waals surface area contributed by atoms with Gasteiger partial charge in [-0.3, -0.25) is 4.79 Å². The summed E-state index contributed by atoms with van der Waals surface area (Å²) < 4.78 is 0. The first-order valence-electron chi connectivity index (χ1n) is 4.96. The zero-order valence-electron chi connectivity index (χ0n) is 8.64. The van der Waals surface area contributed by atoms with Crippen LogP contribution in [0, 0.1) is 0 Å². The second-order valence-electron chi connectivity index (χ2n) is 3.70. The molecule has 1 aliphatic heterocycles. The fourth-order valence-electron chi connectivity index (χ4n) is 1.66. The first-order valence-corrected chi connectivity index (χ1v) is 4.96. The smallest absolute Gasteiger partial charge is 0.323 e. The minimum absolute atomic E-state index is 0.257. The zero-order valence-corrected chi connectivity index (χ0v) is 8.64. The highest BCUT2D eigenvalue weighted by Gasteiger charge is 2.29. The van der Waals surface area contributed by atoms with E-state index in [0.29, 0.717) is 13.0 Å². The molecule has 2 atom stereocenters. The van der Waals surface area contributed by atoms with Crippen LogP contribution in [0.25, 0.3) is 0 Å². The van der Waals surface area contributed by atoms with E-state index in [1.807, 2.05) is 0 Å². The van der Waals surface area contributed by atoms with Gasteiger partial charge in [-0.15, -0.1) is 0 Å². The van der Waals surface area contributed by atoms with Crippen molar-refractivity contribution < 1.29 is 19.8 Å². The average Bonchev–Trinajstić information content (AvgIpc) is 2.18. The first kappa shape index (κ1) is 11.8. The van der Waals surface area contributed by atoms with Gasteiger partial charge in [0, 0.05) is 6.54 Å². The van der Waals surface area contributed by atoms with E-state index in [1.54, 1.807) is 6.92 Å². The number of nitrogens with one attached hydrogen (secondary N) is 1. The summed E-state index contributed by atoms with van der Waals surface area (Å²) in [6, 6.07) is -0.684. The SMILES string of the molecule is CC1C(O)CCCN1C(=O)NCC(=O)O. The first-order chi connectivity index (χ1) is 7.02. The molecule has 1 saturated heterocycles. The lowest BCUT2D eigenvalue weighted by molar-refractivity contribution is -0.135. The Morgan fingerprint density at radius 2 is 2.20 bits per heavy atom. The third-order valence-electron chi connectivity index (χ3n) is 2.60. The van der Waals surface area contributed by atoms with Gasteiger partial charge in [0.1, 0.15) is 6.54 Å². The van der Waals surface area contributed by atoms with Gasteiger partial charge in [0.2, 0.25) is 0 Å². The lowest BCUT2D eigenvalue weighted by atomic mass is 10.0. The summed E-state index contributed by atoms with van der Waals surface area (Å²) >= 11 is 0. The van der Waals surface area contributed by atoms with Crippen molar-refractivity contribution in [3.8, 4) is 0 Å². The van der Waals surface area contributed by atoms with Gasteiger partial charge in [-0.2, -0.15) is 0 Å². The fourth-order valence-corrected chi connectivity index (χ4v) is 1.66. The summed E-state index contributed by atoms with van der Waals surface area (Å²) in [4.78, 5) is 23.2. The Hall–Kier alpha value is -1.30. The normalized spacial score (nSPS) is 26.1. The molecule has 0 spiro atoms. The van der Waals surface area contributed by atoms with Crippen LogP contribution >= 0.6 is 0 Å². The van der Waals surface area contributed by atoms with Gasteiger partial charge in [0.25, 0.3) is 0 Å². The highest BCUT2D eigenvalue weighted by Crippen LogP contribution is 2.16. The Balaban J connectivity index is 2.47. The largest absolute Gasteiger partial charge is 0.480 e. The van der Waals surface area contributed by atoms with Crippen molar-refractivity contribution >= 4 is 12.0 Å². The Bertz CT molecular complexity index is 256. The molecule has 0 radical (unpaired) electrons. The summed E-state index contributed by atoms with van der Waals surface area (Å²) in [6.45, 7) is 1.92. The monoisotopic (exact) mass is 216 g/mol. The number of rotatable bonds is 2. The summed E-state index contributed by atoms with van der Waals surface area (Å²) in [7, 11) is 0. The number of aliphatic hydroxyl groups excluding tert-OH is 1. The van der Waals surface area contributed by atoms with Crippen LogP contribution in [0.15, 0.2) is 0 Å². The van der Waals surface area contributed by atoms with Crippen LogP contribution < -0.4 is 5.32 Å². The molecule has 0 aromatic heterocycles. The number of piperidine rings is 1. The maximum Gasteiger partial charge on any atom is 0.323 e. The highest BCUT2D eigenvalue weighted by atomic mass is 16.4. The van der Waals surface area contributed by atoms with Crippen molar-refractivity contribution in [2.45, 2.75) is 31.9 Å².